The molecule has 2 nitrogen and oxygen atoms in total. The molecule has 0 aliphatic rings. The molecule has 0 saturated carbocycles. The van der Waals surface area contributed by atoms with Gasteiger partial charge in [0.2, 0.25) is 5.91 Å². The molecule has 0 spiro atoms. The van der Waals surface area contributed by atoms with E-state index in [9.17, 15) is 9.18 Å². The van der Waals surface area contributed by atoms with Crippen molar-refractivity contribution < 1.29 is 9.18 Å². The van der Waals surface area contributed by atoms with Crippen LogP contribution in [0.5, 0.6) is 0 Å². The van der Waals surface area contributed by atoms with E-state index in [4.69, 9.17) is 0 Å². The Hall–Kier alpha value is -1.38. The molecule has 3 heteroatoms. The molecule has 0 aliphatic heterocycles. The van der Waals surface area contributed by atoms with Crippen molar-refractivity contribution in [2.24, 2.45) is 0 Å². The predicted molar refractivity (Wildman–Crippen MR) is 58.0 cm³/mol. The maximum Gasteiger partial charge on any atom is 0.222 e. The van der Waals surface area contributed by atoms with Crippen molar-refractivity contribution in [3.05, 3.63) is 35.6 Å². The van der Waals surface area contributed by atoms with Gasteiger partial charge in [-0.3, -0.25) is 4.79 Å². The van der Waals surface area contributed by atoms with Crippen LogP contribution in [0.2, 0.25) is 0 Å². The zero-order valence-electron chi connectivity index (χ0n) is 9.16. The number of nitrogens with zero attached hydrogens (tertiary/aromatic N) is 1. The summed E-state index contributed by atoms with van der Waals surface area (Å²) in [6.07, 6.45) is 0.834. The number of carbonyl (C=O) groups excluding carboxylic acids is 1. The number of carbonyl (C=O) groups is 1. The van der Waals surface area contributed by atoms with E-state index in [1.54, 1.807) is 30.1 Å². The van der Waals surface area contributed by atoms with Gasteiger partial charge < -0.3 is 4.90 Å². The second kappa shape index (κ2) is 5.49. The summed E-state index contributed by atoms with van der Waals surface area (Å²) in [5.74, 6) is -0.176. The maximum absolute atomic E-state index is 13.2. The van der Waals surface area contributed by atoms with Gasteiger partial charge in [0.15, 0.2) is 0 Å². The Morgan fingerprint density at radius 1 is 1.40 bits per heavy atom. The predicted octanol–water partition coefficient (Wildman–Crippen LogP) is 2.24. The van der Waals surface area contributed by atoms with E-state index in [1.165, 1.54) is 6.07 Å². The van der Waals surface area contributed by atoms with Crippen molar-refractivity contribution in [2.75, 3.05) is 13.6 Å². The molecule has 0 bridgehead atoms. The molecule has 1 aromatic rings. The first kappa shape index (κ1) is 11.7. The van der Waals surface area contributed by atoms with Crippen LogP contribution in [0.3, 0.4) is 0 Å². The molecule has 15 heavy (non-hydrogen) atoms. The number of aryl methyl sites for hydroxylation is 1. The van der Waals surface area contributed by atoms with Crippen LogP contribution in [0, 0.1) is 5.82 Å². The van der Waals surface area contributed by atoms with Crippen LogP contribution in [0.1, 0.15) is 18.9 Å². The molecule has 0 heterocycles. The first-order valence-electron chi connectivity index (χ1n) is 5.12. The number of halogens is 1. The van der Waals surface area contributed by atoms with E-state index < -0.39 is 0 Å². The topological polar surface area (TPSA) is 20.3 Å². The number of rotatable bonds is 4. The first-order chi connectivity index (χ1) is 7.15. The Labute approximate surface area is 89.7 Å². The third-order valence-corrected chi connectivity index (χ3v) is 2.47. The van der Waals surface area contributed by atoms with Crippen LogP contribution in [0.25, 0.3) is 0 Å². The van der Waals surface area contributed by atoms with Crippen molar-refractivity contribution in [1.82, 2.24) is 4.90 Å². The highest BCUT2D eigenvalue weighted by Gasteiger charge is 2.08. The third kappa shape index (κ3) is 3.35. The van der Waals surface area contributed by atoms with Crippen LogP contribution < -0.4 is 0 Å². The molecule has 0 atom stereocenters. The molecule has 0 radical (unpaired) electrons. The smallest absolute Gasteiger partial charge is 0.222 e. The highest BCUT2D eigenvalue weighted by atomic mass is 19.1. The fourth-order valence-corrected chi connectivity index (χ4v) is 1.31. The Bertz CT molecular complexity index is 338. The molecule has 0 saturated heterocycles. The monoisotopic (exact) mass is 209 g/mol. The molecular weight excluding hydrogens is 193 g/mol. The second-order valence-corrected chi connectivity index (χ2v) is 3.50. The van der Waals surface area contributed by atoms with Gasteiger partial charge in [0.25, 0.3) is 0 Å². The van der Waals surface area contributed by atoms with E-state index >= 15 is 0 Å². The van der Waals surface area contributed by atoms with E-state index in [0.29, 0.717) is 24.9 Å². The number of hydrogen-bond donors (Lipinski definition) is 0. The molecule has 1 aromatic carbocycles. The second-order valence-electron chi connectivity index (χ2n) is 3.50. The molecule has 1 amide bonds. The average molecular weight is 209 g/mol. The molecular formula is C12H16FNO. The van der Waals surface area contributed by atoms with Gasteiger partial charge in [-0.2, -0.15) is 0 Å². The van der Waals surface area contributed by atoms with E-state index in [0.717, 1.165) is 0 Å². The lowest BCUT2D eigenvalue weighted by molar-refractivity contribution is -0.129. The lowest BCUT2D eigenvalue weighted by Gasteiger charge is -2.14. The molecule has 0 fully saturated rings. The van der Waals surface area contributed by atoms with Crippen molar-refractivity contribution in [3.63, 3.8) is 0 Å². The molecule has 1 rings (SSSR count). The normalized spacial score (nSPS) is 10.1. The molecule has 0 unspecified atom stereocenters. The molecule has 82 valence electrons. The summed E-state index contributed by atoms with van der Waals surface area (Å²) in [5.41, 5.74) is 0.607. The summed E-state index contributed by atoms with van der Waals surface area (Å²) in [6, 6.07) is 6.57. The van der Waals surface area contributed by atoms with Gasteiger partial charge in [-0.1, -0.05) is 18.2 Å². The quantitative estimate of drug-likeness (QED) is 0.744. The zero-order valence-corrected chi connectivity index (χ0v) is 9.16. The lowest BCUT2D eigenvalue weighted by atomic mass is 10.1. The van der Waals surface area contributed by atoms with Gasteiger partial charge in [-0.25, -0.2) is 4.39 Å². The van der Waals surface area contributed by atoms with Crippen molar-refractivity contribution in [1.29, 1.82) is 0 Å². The summed E-state index contributed by atoms with van der Waals surface area (Å²) in [7, 11) is 1.75. The van der Waals surface area contributed by atoms with Crippen molar-refractivity contribution in [2.45, 2.75) is 19.8 Å². The van der Waals surface area contributed by atoms with E-state index in [2.05, 4.69) is 0 Å². The summed E-state index contributed by atoms with van der Waals surface area (Å²) in [5, 5.41) is 0. The maximum atomic E-state index is 13.2. The Balaban J connectivity index is 2.51. The Morgan fingerprint density at radius 3 is 2.67 bits per heavy atom. The van der Waals surface area contributed by atoms with Crippen LogP contribution in [0.15, 0.2) is 24.3 Å². The SMILES string of the molecule is CCN(C)C(=O)CCc1ccccc1F. The minimum Gasteiger partial charge on any atom is -0.346 e. The largest absolute Gasteiger partial charge is 0.346 e. The fraction of sp³-hybridized carbons (Fsp3) is 0.417. The molecule has 0 aliphatic carbocycles. The van der Waals surface area contributed by atoms with Crippen molar-refractivity contribution >= 4 is 5.91 Å². The van der Waals surface area contributed by atoms with Crippen molar-refractivity contribution in [3.8, 4) is 0 Å². The van der Waals surface area contributed by atoms with Crippen LogP contribution >= 0.6 is 0 Å². The minimum atomic E-state index is -0.232. The Morgan fingerprint density at radius 2 is 2.07 bits per heavy atom. The summed E-state index contributed by atoms with van der Waals surface area (Å²) >= 11 is 0. The van der Waals surface area contributed by atoms with Gasteiger partial charge in [0, 0.05) is 20.0 Å². The van der Waals surface area contributed by atoms with Crippen LogP contribution in [0.4, 0.5) is 4.39 Å². The summed E-state index contributed by atoms with van der Waals surface area (Å²) in [4.78, 5) is 13.1. The minimum absolute atomic E-state index is 0.0563. The lowest BCUT2D eigenvalue weighted by Crippen LogP contribution is -2.26. The summed E-state index contributed by atoms with van der Waals surface area (Å²) in [6.45, 7) is 2.61. The third-order valence-electron chi connectivity index (χ3n) is 2.47. The highest BCUT2D eigenvalue weighted by Crippen LogP contribution is 2.09. The van der Waals surface area contributed by atoms with Gasteiger partial charge in [0.1, 0.15) is 5.82 Å². The molecule has 0 aromatic heterocycles. The van der Waals surface area contributed by atoms with Gasteiger partial charge in [0.05, 0.1) is 0 Å². The molecule has 0 N–H and O–H groups in total. The summed E-state index contributed by atoms with van der Waals surface area (Å²) < 4.78 is 13.2. The number of hydrogen-bond acceptors (Lipinski definition) is 1. The zero-order chi connectivity index (χ0) is 11.3. The van der Waals surface area contributed by atoms with E-state index in [1.807, 2.05) is 6.92 Å². The van der Waals surface area contributed by atoms with Gasteiger partial charge >= 0.3 is 0 Å². The average Bonchev–Trinajstić information content (AvgIpc) is 2.26. The van der Waals surface area contributed by atoms with Gasteiger partial charge in [-0.15, -0.1) is 0 Å². The van der Waals surface area contributed by atoms with Gasteiger partial charge in [-0.05, 0) is 25.0 Å². The highest BCUT2D eigenvalue weighted by molar-refractivity contribution is 5.76. The Kier molecular flexibility index (Phi) is 4.28. The fourth-order valence-electron chi connectivity index (χ4n) is 1.31. The van der Waals surface area contributed by atoms with Crippen LogP contribution in [-0.4, -0.2) is 24.4 Å². The number of amides is 1. The number of benzene rings is 1. The van der Waals surface area contributed by atoms with E-state index in [-0.39, 0.29) is 11.7 Å². The standard InChI is InChI=1S/C12H16FNO/c1-3-14(2)12(15)9-8-10-6-4-5-7-11(10)13/h4-7H,3,8-9H2,1-2H3. The van der Waals surface area contributed by atoms with Crippen LogP contribution in [-0.2, 0) is 11.2 Å². The first-order valence-corrected chi connectivity index (χ1v) is 5.12.